The zero-order valence-electron chi connectivity index (χ0n) is 18.3. The van der Waals surface area contributed by atoms with Gasteiger partial charge in [0, 0.05) is 24.4 Å². The maximum Gasteiger partial charge on any atom is 0.212 e. The highest BCUT2D eigenvalue weighted by molar-refractivity contribution is 5.94. The molecule has 1 saturated carbocycles. The quantitative estimate of drug-likeness (QED) is 0.367. The number of amidine groups is 1. The predicted octanol–water partition coefficient (Wildman–Crippen LogP) is 4.30. The molecule has 3 aromatic rings. The van der Waals surface area contributed by atoms with Crippen LogP contribution in [0, 0.1) is 25.6 Å². The molecule has 166 valence electrons. The minimum absolute atomic E-state index is 0.223. The van der Waals surface area contributed by atoms with Gasteiger partial charge < -0.3 is 14.6 Å². The first-order chi connectivity index (χ1) is 15.5. The Labute approximate surface area is 185 Å². The molecule has 3 heterocycles. The number of benzene rings is 1. The number of oxazole rings is 1. The van der Waals surface area contributed by atoms with E-state index in [4.69, 9.17) is 9.41 Å². The Hall–Kier alpha value is -3.13. The second kappa shape index (κ2) is 8.43. The van der Waals surface area contributed by atoms with Gasteiger partial charge in [0.2, 0.25) is 6.41 Å². The number of hydrogen-bond donors (Lipinski definition) is 1. The minimum Gasteiger partial charge on any atom is -0.441 e. The molecule has 0 spiro atoms. The van der Waals surface area contributed by atoms with Crippen LogP contribution in [-0.4, -0.2) is 46.2 Å². The summed E-state index contributed by atoms with van der Waals surface area (Å²) in [5.41, 5.74) is 3.45. The lowest BCUT2D eigenvalue weighted by Crippen LogP contribution is -2.41. The number of pyridine rings is 1. The van der Waals surface area contributed by atoms with Crippen molar-refractivity contribution in [3.8, 4) is 11.3 Å². The number of carbonyl (C=O) groups is 1. The third kappa shape index (κ3) is 4.14. The highest BCUT2D eigenvalue weighted by Crippen LogP contribution is 2.32. The SMILES string of the molecule is Cc1nc2c(F)cc(-c3cc(C)c(/N=C(\NC=O)C4CCN(C5CC5)CC4)cn3)cc2o1. The fraction of sp³-hybridized carbons (Fsp3) is 0.417. The van der Waals surface area contributed by atoms with Gasteiger partial charge in [0.25, 0.3) is 0 Å². The monoisotopic (exact) mass is 435 g/mol. The highest BCUT2D eigenvalue weighted by atomic mass is 19.1. The van der Waals surface area contributed by atoms with Crippen molar-refractivity contribution in [1.29, 1.82) is 0 Å². The van der Waals surface area contributed by atoms with Gasteiger partial charge in [-0.05, 0) is 69.5 Å². The van der Waals surface area contributed by atoms with Crippen molar-refractivity contribution < 1.29 is 13.6 Å². The topological polar surface area (TPSA) is 83.6 Å². The lowest BCUT2D eigenvalue weighted by molar-refractivity contribution is -0.108. The summed E-state index contributed by atoms with van der Waals surface area (Å²) < 4.78 is 19.9. The van der Waals surface area contributed by atoms with Crippen LogP contribution in [0.1, 0.15) is 37.1 Å². The molecule has 1 aromatic carbocycles. The van der Waals surface area contributed by atoms with Gasteiger partial charge in [0.1, 0.15) is 11.4 Å². The Balaban J connectivity index is 1.40. The van der Waals surface area contributed by atoms with Gasteiger partial charge in [-0.1, -0.05) is 0 Å². The van der Waals surface area contributed by atoms with E-state index in [2.05, 4.69) is 20.2 Å². The van der Waals surface area contributed by atoms with Crippen LogP contribution in [0.4, 0.5) is 10.1 Å². The molecule has 0 unspecified atom stereocenters. The fourth-order valence-electron chi connectivity index (χ4n) is 4.48. The van der Waals surface area contributed by atoms with Crippen LogP contribution in [-0.2, 0) is 4.79 Å². The zero-order valence-corrected chi connectivity index (χ0v) is 18.3. The van der Waals surface area contributed by atoms with Crippen molar-refractivity contribution in [1.82, 2.24) is 20.2 Å². The largest absolute Gasteiger partial charge is 0.441 e. The number of piperidine rings is 1. The van der Waals surface area contributed by atoms with Gasteiger partial charge in [-0.2, -0.15) is 0 Å². The van der Waals surface area contributed by atoms with E-state index >= 15 is 0 Å². The molecule has 5 rings (SSSR count). The molecule has 1 aliphatic heterocycles. The third-order valence-electron chi connectivity index (χ3n) is 6.36. The molecule has 0 bridgehead atoms. The number of hydrogen-bond acceptors (Lipinski definition) is 6. The third-order valence-corrected chi connectivity index (χ3v) is 6.36. The predicted molar refractivity (Wildman–Crippen MR) is 120 cm³/mol. The summed E-state index contributed by atoms with van der Waals surface area (Å²) in [4.78, 5) is 27.1. The second-order valence-corrected chi connectivity index (χ2v) is 8.69. The van der Waals surface area contributed by atoms with Crippen LogP contribution in [0.15, 0.2) is 33.8 Å². The van der Waals surface area contributed by atoms with Gasteiger partial charge in [-0.25, -0.2) is 14.4 Å². The summed E-state index contributed by atoms with van der Waals surface area (Å²) in [5, 5.41) is 2.82. The Bertz CT molecular complexity index is 1190. The number of halogens is 1. The number of rotatable bonds is 5. The maximum absolute atomic E-state index is 14.5. The van der Waals surface area contributed by atoms with Crippen molar-refractivity contribution in [2.75, 3.05) is 13.1 Å². The van der Waals surface area contributed by atoms with Crippen LogP contribution in [0.25, 0.3) is 22.4 Å². The smallest absolute Gasteiger partial charge is 0.212 e. The van der Waals surface area contributed by atoms with Crippen molar-refractivity contribution >= 4 is 29.0 Å². The molecule has 8 heteroatoms. The molecule has 1 aliphatic carbocycles. The van der Waals surface area contributed by atoms with Crippen molar-refractivity contribution in [3.63, 3.8) is 0 Å². The molecule has 32 heavy (non-hydrogen) atoms. The van der Waals surface area contributed by atoms with Crippen LogP contribution < -0.4 is 5.32 Å². The van der Waals surface area contributed by atoms with E-state index in [-0.39, 0.29) is 11.4 Å². The number of aromatic nitrogens is 2. The molecular formula is C24H26FN5O2. The molecule has 7 nitrogen and oxygen atoms in total. The number of carbonyl (C=O) groups excluding carboxylic acids is 1. The van der Waals surface area contributed by atoms with Crippen LogP contribution >= 0.6 is 0 Å². The molecule has 0 atom stereocenters. The van der Waals surface area contributed by atoms with Crippen LogP contribution in [0.3, 0.4) is 0 Å². The number of amides is 1. The van der Waals surface area contributed by atoms with Gasteiger partial charge in [-0.15, -0.1) is 0 Å². The number of aryl methyl sites for hydroxylation is 2. The molecule has 1 saturated heterocycles. The molecule has 1 amide bonds. The summed E-state index contributed by atoms with van der Waals surface area (Å²) in [6.07, 6.45) is 6.95. The maximum atomic E-state index is 14.5. The number of nitrogens with zero attached hydrogens (tertiary/aromatic N) is 4. The van der Waals surface area contributed by atoms with Crippen LogP contribution in [0.2, 0.25) is 0 Å². The number of fused-ring (bicyclic) bond motifs is 1. The lowest BCUT2D eigenvalue weighted by Gasteiger charge is -2.32. The Morgan fingerprint density at radius 2 is 2.00 bits per heavy atom. The first kappa shape index (κ1) is 20.8. The summed E-state index contributed by atoms with van der Waals surface area (Å²) in [5.74, 6) is 0.895. The van der Waals surface area contributed by atoms with Crippen molar-refractivity contribution in [2.24, 2.45) is 10.9 Å². The number of likely N-dealkylation sites (tertiary alicyclic amines) is 1. The zero-order chi connectivity index (χ0) is 22.2. The fourth-order valence-corrected chi connectivity index (χ4v) is 4.48. The minimum atomic E-state index is -0.439. The van der Waals surface area contributed by atoms with Gasteiger partial charge in [0.05, 0.1) is 17.6 Å². The first-order valence-electron chi connectivity index (χ1n) is 11.1. The summed E-state index contributed by atoms with van der Waals surface area (Å²) in [6.45, 7) is 5.71. The van der Waals surface area contributed by atoms with E-state index in [0.717, 1.165) is 37.5 Å². The molecule has 0 radical (unpaired) electrons. The van der Waals surface area contributed by atoms with E-state index in [9.17, 15) is 9.18 Å². The van der Waals surface area contributed by atoms with Gasteiger partial charge in [-0.3, -0.25) is 9.78 Å². The molecule has 2 fully saturated rings. The highest BCUT2D eigenvalue weighted by Gasteiger charge is 2.33. The van der Waals surface area contributed by atoms with Crippen molar-refractivity contribution in [3.05, 3.63) is 41.7 Å². The molecule has 2 aromatic heterocycles. The summed E-state index contributed by atoms with van der Waals surface area (Å²) in [7, 11) is 0. The molecular weight excluding hydrogens is 409 g/mol. The van der Waals surface area contributed by atoms with E-state index in [1.165, 1.54) is 18.9 Å². The average molecular weight is 436 g/mol. The van der Waals surface area contributed by atoms with Gasteiger partial charge >= 0.3 is 0 Å². The normalized spacial score (nSPS) is 18.3. The molecule has 1 N–H and O–H groups in total. The van der Waals surface area contributed by atoms with Crippen LogP contribution in [0.5, 0.6) is 0 Å². The number of aliphatic imine (C=N–C) groups is 1. The summed E-state index contributed by atoms with van der Waals surface area (Å²) in [6, 6.07) is 5.80. The Morgan fingerprint density at radius 3 is 2.69 bits per heavy atom. The summed E-state index contributed by atoms with van der Waals surface area (Å²) >= 11 is 0. The molecule has 2 aliphatic rings. The second-order valence-electron chi connectivity index (χ2n) is 8.69. The van der Waals surface area contributed by atoms with Crippen molar-refractivity contribution in [2.45, 2.75) is 45.6 Å². The van der Waals surface area contributed by atoms with E-state index < -0.39 is 5.82 Å². The Kier molecular flexibility index (Phi) is 5.46. The first-order valence-corrected chi connectivity index (χ1v) is 11.1. The standard InChI is InChI=1S/C24H26FN5O2/c1-14-9-20(17-10-19(25)23-22(11-17)32-15(2)28-23)26-12-21(14)29-24(27-13-31)16-5-7-30(8-6-16)18-3-4-18/h9-13,16,18H,3-8H2,1-2H3,(H,27,29,31). The average Bonchev–Trinajstić information content (AvgIpc) is 3.56. The lowest BCUT2D eigenvalue weighted by atomic mass is 9.95. The van der Waals surface area contributed by atoms with Gasteiger partial charge in [0.15, 0.2) is 17.3 Å². The van der Waals surface area contributed by atoms with E-state index in [1.54, 1.807) is 19.2 Å². The van der Waals surface area contributed by atoms with E-state index in [1.807, 2.05) is 13.0 Å². The van der Waals surface area contributed by atoms with E-state index in [0.29, 0.717) is 40.7 Å². The Morgan fingerprint density at radius 1 is 1.22 bits per heavy atom. The number of nitrogens with one attached hydrogen (secondary N) is 1.